The standard InChI is InChI=1S/C20H20BrNO4/c1-2-14-3-5-15(6-4-14)18(23)13-26-19(24)11-12-22-20(25)16-7-9-17(21)10-8-16/h3-10H,2,11-13H2,1H3,(H,22,25). The molecule has 136 valence electrons. The molecule has 0 aliphatic rings. The molecule has 2 aromatic rings. The molecule has 0 atom stereocenters. The Labute approximate surface area is 160 Å². The summed E-state index contributed by atoms with van der Waals surface area (Å²) in [5.41, 5.74) is 2.16. The van der Waals surface area contributed by atoms with Crippen molar-refractivity contribution in [1.82, 2.24) is 5.32 Å². The smallest absolute Gasteiger partial charge is 0.308 e. The first-order valence-corrected chi connectivity index (χ1v) is 9.10. The van der Waals surface area contributed by atoms with Crippen molar-refractivity contribution in [1.29, 1.82) is 0 Å². The monoisotopic (exact) mass is 417 g/mol. The molecule has 0 saturated heterocycles. The number of hydrogen-bond donors (Lipinski definition) is 1. The fourth-order valence-electron chi connectivity index (χ4n) is 2.21. The second-order valence-corrected chi connectivity index (χ2v) is 6.56. The number of halogens is 1. The van der Waals surface area contributed by atoms with Crippen LogP contribution in [0.5, 0.6) is 0 Å². The van der Waals surface area contributed by atoms with E-state index in [0.717, 1.165) is 16.5 Å². The van der Waals surface area contributed by atoms with Crippen molar-refractivity contribution in [3.63, 3.8) is 0 Å². The largest absolute Gasteiger partial charge is 0.457 e. The minimum absolute atomic E-state index is 0.00429. The van der Waals surface area contributed by atoms with Gasteiger partial charge in [-0.25, -0.2) is 0 Å². The predicted molar refractivity (Wildman–Crippen MR) is 102 cm³/mol. The van der Waals surface area contributed by atoms with Gasteiger partial charge in [0.2, 0.25) is 0 Å². The molecule has 26 heavy (non-hydrogen) atoms. The van der Waals surface area contributed by atoms with Gasteiger partial charge >= 0.3 is 5.97 Å². The number of Topliss-reactive ketones (excluding diaryl/α,β-unsaturated/α-hetero) is 1. The molecule has 0 unspecified atom stereocenters. The summed E-state index contributed by atoms with van der Waals surface area (Å²) in [6.07, 6.45) is 0.903. The highest BCUT2D eigenvalue weighted by atomic mass is 79.9. The summed E-state index contributed by atoms with van der Waals surface area (Å²) in [6, 6.07) is 14.1. The van der Waals surface area contributed by atoms with E-state index in [2.05, 4.69) is 21.2 Å². The van der Waals surface area contributed by atoms with Gasteiger partial charge in [0.05, 0.1) is 6.42 Å². The molecule has 0 aliphatic heterocycles. The summed E-state index contributed by atoms with van der Waals surface area (Å²) in [5, 5.41) is 2.64. The van der Waals surface area contributed by atoms with Crippen LogP contribution < -0.4 is 5.32 Å². The average Bonchev–Trinajstić information content (AvgIpc) is 2.66. The van der Waals surface area contributed by atoms with Crippen LogP contribution >= 0.6 is 15.9 Å². The molecular weight excluding hydrogens is 398 g/mol. The van der Waals surface area contributed by atoms with Gasteiger partial charge < -0.3 is 10.1 Å². The Morgan fingerprint density at radius 2 is 1.58 bits per heavy atom. The first-order valence-electron chi connectivity index (χ1n) is 8.31. The summed E-state index contributed by atoms with van der Waals surface area (Å²) < 4.78 is 5.85. The van der Waals surface area contributed by atoms with E-state index in [9.17, 15) is 14.4 Å². The SMILES string of the molecule is CCc1ccc(C(=O)COC(=O)CCNC(=O)c2ccc(Br)cc2)cc1. The highest BCUT2D eigenvalue weighted by Crippen LogP contribution is 2.10. The topological polar surface area (TPSA) is 72.5 Å². The number of ketones is 1. The number of carbonyl (C=O) groups is 3. The number of aryl methyl sites for hydroxylation is 1. The number of benzene rings is 2. The maximum Gasteiger partial charge on any atom is 0.308 e. The zero-order valence-electron chi connectivity index (χ0n) is 14.5. The minimum Gasteiger partial charge on any atom is -0.457 e. The van der Waals surface area contributed by atoms with Gasteiger partial charge in [-0.05, 0) is 36.2 Å². The van der Waals surface area contributed by atoms with Crippen molar-refractivity contribution in [3.05, 3.63) is 69.7 Å². The van der Waals surface area contributed by atoms with Gasteiger partial charge in [-0.3, -0.25) is 14.4 Å². The average molecular weight is 418 g/mol. The number of carbonyl (C=O) groups excluding carboxylic acids is 3. The Kier molecular flexibility index (Phi) is 7.53. The van der Waals surface area contributed by atoms with Crippen molar-refractivity contribution < 1.29 is 19.1 Å². The number of amides is 1. The molecule has 6 heteroatoms. The van der Waals surface area contributed by atoms with Crippen LogP contribution in [-0.2, 0) is 16.0 Å². The van der Waals surface area contributed by atoms with Gasteiger partial charge in [0.1, 0.15) is 0 Å². The first kappa shape index (κ1) is 19.8. The van der Waals surface area contributed by atoms with Gasteiger partial charge in [0.25, 0.3) is 5.91 Å². The van der Waals surface area contributed by atoms with E-state index in [0.29, 0.717) is 11.1 Å². The van der Waals surface area contributed by atoms with E-state index in [4.69, 9.17) is 4.74 Å². The maximum absolute atomic E-state index is 12.0. The van der Waals surface area contributed by atoms with Crippen LogP contribution in [0, 0.1) is 0 Å². The number of nitrogens with one attached hydrogen (secondary N) is 1. The van der Waals surface area contributed by atoms with Crippen LogP contribution in [-0.4, -0.2) is 30.8 Å². The lowest BCUT2D eigenvalue weighted by Gasteiger charge is -2.07. The highest BCUT2D eigenvalue weighted by molar-refractivity contribution is 9.10. The molecule has 0 radical (unpaired) electrons. The Morgan fingerprint density at radius 3 is 2.19 bits per heavy atom. The van der Waals surface area contributed by atoms with Crippen LogP contribution in [0.15, 0.2) is 53.0 Å². The molecule has 0 saturated carbocycles. The lowest BCUT2D eigenvalue weighted by atomic mass is 10.1. The van der Waals surface area contributed by atoms with Gasteiger partial charge in [0.15, 0.2) is 12.4 Å². The molecule has 0 spiro atoms. The molecule has 2 aromatic carbocycles. The van der Waals surface area contributed by atoms with Crippen LogP contribution in [0.2, 0.25) is 0 Å². The van der Waals surface area contributed by atoms with Crippen molar-refractivity contribution in [3.8, 4) is 0 Å². The summed E-state index contributed by atoms with van der Waals surface area (Å²) >= 11 is 3.30. The number of hydrogen-bond acceptors (Lipinski definition) is 4. The molecule has 5 nitrogen and oxygen atoms in total. The number of ether oxygens (including phenoxy) is 1. The Bertz CT molecular complexity index is 769. The van der Waals surface area contributed by atoms with Crippen LogP contribution in [0.3, 0.4) is 0 Å². The molecular formula is C20H20BrNO4. The van der Waals surface area contributed by atoms with E-state index in [1.165, 1.54) is 0 Å². The number of rotatable bonds is 8. The summed E-state index contributed by atoms with van der Waals surface area (Å²) in [5.74, 6) is -1.04. The molecule has 0 fully saturated rings. The van der Waals surface area contributed by atoms with Crippen LogP contribution in [0.25, 0.3) is 0 Å². The fourth-order valence-corrected chi connectivity index (χ4v) is 2.47. The van der Waals surface area contributed by atoms with Crippen molar-refractivity contribution in [2.45, 2.75) is 19.8 Å². The zero-order valence-corrected chi connectivity index (χ0v) is 16.0. The lowest BCUT2D eigenvalue weighted by Crippen LogP contribution is -2.27. The Hall–Kier alpha value is -2.47. The molecule has 0 heterocycles. The second kappa shape index (κ2) is 9.87. The van der Waals surface area contributed by atoms with Crippen molar-refractivity contribution in [2.75, 3.05) is 13.2 Å². The Morgan fingerprint density at radius 1 is 0.962 bits per heavy atom. The van der Waals surface area contributed by atoms with Crippen molar-refractivity contribution >= 4 is 33.6 Å². The van der Waals surface area contributed by atoms with Gasteiger partial charge in [-0.2, -0.15) is 0 Å². The zero-order chi connectivity index (χ0) is 18.9. The number of esters is 1. The lowest BCUT2D eigenvalue weighted by molar-refractivity contribution is -0.142. The van der Waals surface area contributed by atoms with E-state index in [1.54, 1.807) is 36.4 Å². The summed E-state index contributed by atoms with van der Waals surface area (Å²) in [6.45, 7) is 1.88. The third-order valence-corrected chi connectivity index (χ3v) is 4.30. The summed E-state index contributed by atoms with van der Waals surface area (Å²) in [7, 11) is 0. The third kappa shape index (κ3) is 6.11. The minimum atomic E-state index is -0.528. The van der Waals surface area contributed by atoms with E-state index in [1.807, 2.05) is 19.1 Å². The highest BCUT2D eigenvalue weighted by Gasteiger charge is 2.11. The Balaban J connectivity index is 1.70. The van der Waals surface area contributed by atoms with Gasteiger partial charge in [-0.15, -0.1) is 0 Å². The predicted octanol–water partition coefficient (Wildman–Crippen LogP) is 3.56. The van der Waals surface area contributed by atoms with Crippen LogP contribution in [0.4, 0.5) is 0 Å². The molecule has 0 aromatic heterocycles. The van der Waals surface area contributed by atoms with Crippen LogP contribution in [0.1, 0.15) is 39.6 Å². The second-order valence-electron chi connectivity index (χ2n) is 5.65. The first-order chi connectivity index (χ1) is 12.5. The fraction of sp³-hybridized carbons (Fsp3) is 0.250. The molecule has 1 amide bonds. The van der Waals surface area contributed by atoms with E-state index >= 15 is 0 Å². The molecule has 0 aliphatic carbocycles. The molecule has 2 rings (SSSR count). The molecule has 1 N–H and O–H groups in total. The quantitative estimate of drug-likeness (QED) is 0.526. The molecule has 0 bridgehead atoms. The van der Waals surface area contributed by atoms with E-state index < -0.39 is 5.97 Å². The van der Waals surface area contributed by atoms with Gasteiger partial charge in [0, 0.05) is 22.1 Å². The van der Waals surface area contributed by atoms with Gasteiger partial charge in [-0.1, -0.05) is 47.1 Å². The van der Waals surface area contributed by atoms with Crippen molar-refractivity contribution in [2.24, 2.45) is 0 Å². The normalized spacial score (nSPS) is 10.2. The summed E-state index contributed by atoms with van der Waals surface area (Å²) in [4.78, 5) is 35.6. The third-order valence-electron chi connectivity index (χ3n) is 3.77. The maximum atomic E-state index is 12.0. The van der Waals surface area contributed by atoms with E-state index in [-0.39, 0.29) is 31.3 Å².